The van der Waals surface area contributed by atoms with Crippen molar-refractivity contribution in [3.8, 4) is 0 Å². The van der Waals surface area contributed by atoms with Gasteiger partial charge in [-0.15, -0.1) is 0 Å². The Morgan fingerprint density at radius 2 is 1.84 bits per heavy atom. The second-order valence-corrected chi connectivity index (χ2v) is 9.87. The number of aryl methyl sites for hydroxylation is 1. The first kappa shape index (κ1) is 19.9. The van der Waals surface area contributed by atoms with Crippen molar-refractivity contribution < 1.29 is 17.9 Å². The van der Waals surface area contributed by atoms with E-state index in [1.807, 2.05) is 19.1 Å². The van der Waals surface area contributed by atoms with E-state index in [0.717, 1.165) is 5.56 Å². The summed E-state index contributed by atoms with van der Waals surface area (Å²) in [5.74, 6) is -0.0753. The quantitative estimate of drug-likeness (QED) is 0.766. The summed E-state index contributed by atoms with van der Waals surface area (Å²) in [7, 11) is -2.16. The predicted molar refractivity (Wildman–Crippen MR) is 97.7 cm³/mol. The molecular formula is C19H29NO4S. The van der Waals surface area contributed by atoms with Gasteiger partial charge in [0, 0.05) is 19.0 Å². The minimum atomic E-state index is -3.55. The minimum Gasteiger partial charge on any atom is -0.469 e. The number of hydrogen-bond acceptors (Lipinski definition) is 4. The highest BCUT2D eigenvalue weighted by Gasteiger charge is 2.42. The standard InChI is InChI=1S/C19H29NO4S/c1-14-6-8-16(9-7-14)25(22,23)20-11-10-15(13-18(21)24-5)12-17(20)19(2,3)4/h6-9,15,17H,10-13H2,1-5H3/t15-,17-/m1/s1. The van der Waals surface area contributed by atoms with Gasteiger partial charge in [-0.1, -0.05) is 38.5 Å². The fraction of sp³-hybridized carbons (Fsp3) is 0.632. The van der Waals surface area contributed by atoms with Gasteiger partial charge in [0.15, 0.2) is 0 Å². The number of carbonyl (C=O) groups excluding carboxylic acids is 1. The number of benzene rings is 1. The van der Waals surface area contributed by atoms with E-state index in [9.17, 15) is 13.2 Å². The largest absolute Gasteiger partial charge is 0.469 e. The van der Waals surface area contributed by atoms with Gasteiger partial charge < -0.3 is 4.74 Å². The summed E-state index contributed by atoms with van der Waals surface area (Å²) in [4.78, 5) is 11.9. The molecule has 0 bridgehead atoms. The molecule has 6 heteroatoms. The first-order chi connectivity index (χ1) is 11.6. The maximum atomic E-state index is 13.2. The molecule has 5 nitrogen and oxygen atoms in total. The summed E-state index contributed by atoms with van der Waals surface area (Å²) in [6.07, 6.45) is 1.69. The van der Waals surface area contributed by atoms with Gasteiger partial charge >= 0.3 is 5.97 Å². The third kappa shape index (κ3) is 4.61. The highest BCUT2D eigenvalue weighted by Crippen LogP contribution is 2.38. The smallest absolute Gasteiger partial charge is 0.305 e. The highest BCUT2D eigenvalue weighted by atomic mass is 32.2. The molecule has 0 saturated carbocycles. The summed E-state index contributed by atoms with van der Waals surface area (Å²) in [5.41, 5.74) is 0.815. The van der Waals surface area contributed by atoms with Crippen LogP contribution in [0.25, 0.3) is 0 Å². The average molecular weight is 368 g/mol. The molecule has 0 spiro atoms. The van der Waals surface area contributed by atoms with Crippen molar-refractivity contribution in [2.45, 2.75) is 57.9 Å². The van der Waals surface area contributed by atoms with E-state index in [4.69, 9.17) is 4.74 Å². The first-order valence-electron chi connectivity index (χ1n) is 8.71. The number of nitrogens with zero attached hydrogens (tertiary/aromatic N) is 1. The van der Waals surface area contributed by atoms with Crippen LogP contribution >= 0.6 is 0 Å². The van der Waals surface area contributed by atoms with Crippen molar-refractivity contribution in [2.24, 2.45) is 11.3 Å². The van der Waals surface area contributed by atoms with Gasteiger partial charge in [-0.3, -0.25) is 4.79 Å². The maximum absolute atomic E-state index is 13.2. The molecule has 0 aliphatic carbocycles. The summed E-state index contributed by atoms with van der Waals surface area (Å²) in [5, 5.41) is 0. The Morgan fingerprint density at radius 3 is 2.36 bits per heavy atom. The number of rotatable bonds is 4. The van der Waals surface area contributed by atoms with Crippen LogP contribution in [-0.2, 0) is 19.6 Å². The molecule has 25 heavy (non-hydrogen) atoms. The van der Waals surface area contributed by atoms with Crippen molar-refractivity contribution in [1.82, 2.24) is 4.31 Å². The molecule has 1 aliphatic rings. The van der Waals surface area contributed by atoms with Crippen LogP contribution in [0.2, 0.25) is 0 Å². The highest BCUT2D eigenvalue weighted by molar-refractivity contribution is 7.89. The third-order valence-corrected chi connectivity index (χ3v) is 6.89. The van der Waals surface area contributed by atoms with E-state index in [0.29, 0.717) is 30.7 Å². The Balaban J connectivity index is 2.29. The van der Waals surface area contributed by atoms with Crippen LogP contribution in [0.15, 0.2) is 29.2 Å². The number of piperidine rings is 1. The van der Waals surface area contributed by atoms with E-state index in [1.54, 1.807) is 16.4 Å². The molecule has 140 valence electrons. The van der Waals surface area contributed by atoms with E-state index in [2.05, 4.69) is 20.8 Å². The van der Waals surface area contributed by atoms with Crippen molar-refractivity contribution in [3.63, 3.8) is 0 Å². The fourth-order valence-electron chi connectivity index (χ4n) is 3.44. The number of hydrogen-bond donors (Lipinski definition) is 0. The number of sulfonamides is 1. The van der Waals surface area contributed by atoms with Crippen LogP contribution < -0.4 is 0 Å². The van der Waals surface area contributed by atoms with Gasteiger partial charge in [-0.25, -0.2) is 8.42 Å². The predicted octanol–water partition coefficient (Wildman–Crippen LogP) is 3.37. The molecule has 1 aromatic rings. The van der Waals surface area contributed by atoms with E-state index in [1.165, 1.54) is 7.11 Å². The average Bonchev–Trinajstić information content (AvgIpc) is 2.54. The lowest BCUT2D eigenvalue weighted by Gasteiger charge is -2.45. The van der Waals surface area contributed by atoms with Gasteiger partial charge in [-0.2, -0.15) is 4.31 Å². The van der Waals surface area contributed by atoms with Crippen molar-refractivity contribution in [3.05, 3.63) is 29.8 Å². The molecule has 0 radical (unpaired) electrons. The summed E-state index contributed by atoms with van der Waals surface area (Å²) < 4.78 is 32.8. The van der Waals surface area contributed by atoms with Crippen LogP contribution in [0, 0.1) is 18.3 Å². The zero-order valence-electron chi connectivity index (χ0n) is 15.8. The molecule has 0 aromatic heterocycles. The van der Waals surface area contributed by atoms with Gasteiger partial charge in [-0.05, 0) is 43.2 Å². The zero-order valence-corrected chi connectivity index (χ0v) is 16.6. The van der Waals surface area contributed by atoms with Crippen molar-refractivity contribution in [1.29, 1.82) is 0 Å². The molecule has 0 N–H and O–H groups in total. The Bertz CT molecular complexity index is 704. The lowest BCUT2D eigenvalue weighted by molar-refractivity contribution is -0.142. The zero-order chi connectivity index (χ0) is 18.8. The molecule has 0 amide bonds. The van der Waals surface area contributed by atoms with Crippen LogP contribution in [0.3, 0.4) is 0 Å². The second-order valence-electron chi connectivity index (χ2n) is 7.98. The molecule has 1 heterocycles. The molecule has 0 unspecified atom stereocenters. The maximum Gasteiger partial charge on any atom is 0.305 e. The number of esters is 1. The fourth-order valence-corrected chi connectivity index (χ4v) is 5.27. The molecule has 2 rings (SSSR count). The third-order valence-electron chi connectivity index (χ3n) is 4.97. The Morgan fingerprint density at radius 1 is 1.24 bits per heavy atom. The second kappa shape index (κ2) is 7.46. The van der Waals surface area contributed by atoms with E-state index in [-0.39, 0.29) is 23.3 Å². The monoisotopic (exact) mass is 367 g/mol. The molecule has 1 aromatic carbocycles. The SMILES string of the molecule is COC(=O)C[C@@H]1CCN(S(=O)(=O)c2ccc(C)cc2)[C@@H](C(C)(C)C)C1. The molecule has 1 aliphatic heterocycles. The van der Waals surface area contributed by atoms with E-state index >= 15 is 0 Å². The topological polar surface area (TPSA) is 63.7 Å². The molecular weight excluding hydrogens is 338 g/mol. The number of carbonyl (C=O) groups is 1. The summed E-state index contributed by atoms with van der Waals surface area (Å²) in [6.45, 7) is 8.52. The van der Waals surface area contributed by atoms with Crippen LogP contribution in [0.4, 0.5) is 0 Å². The molecule has 1 fully saturated rings. The van der Waals surface area contributed by atoms with Crippen LogP contribution in [0.1, 0.15) is 45.6 Å². The van der Waals surface area contributed by atoms with Crippen LogP contribution in [0.5, 0.6) is 0 Å². The Labute approximate surface area is 151 Å². The number of methoxy groups -OCH3 is 1. The molecule has 1 saturated heterocycles. The van der Waals surface area contributed by atoms with Crippen molar-refractivity contribution >= 4 is 16.0 Å². The van der Waals surface area contributed by atoms with Gasteiger partial charge in [0.2, 0.25) is 10.0 Å². The van der Waals surface area contributed by atoms with Crippen LogP contribution in [-0.4, -0.2) is 38.4 Å². The lowest BCUT2D eigenvalue weighted by Crippen LogP contribution is -2.52. The van der Waals surface area contributed by atoms with Gasteiger partial charge in [0.05, 0.1) is 12.0 Å². The normalized spacial score (nSPS) is 22.6. The number of ether oxygens (including phenoxy) is 1. The molecule has 2 atom stereocenters. The lowest BCUT2D eigenvalue weighted by atomic mass is 9.77. The summed E-state index contributed by atoms with van der Waals surface area (Å²) >= 11 is 0. The minimum absolute atomic E-state index is 0.151. The Kier molecular flexibility index (Phi) is 5.94. The first-order valence-corrected chi connectivity index (χ1v) is 10.1. The Hall–Kier alpha value is -1.40. The van der Waals surface area contributed by atoms with Crippen molar-refractivity contribution in [2.75, 3.05) is 13.7 Å². The summed E-state index contributed by atoms with van der Waals surface area (Å²) in [6, 6.07) is 6.84. The van der Waals surface area contributed by atoms with Gasteiger partial charge in [0.25, 0.3) is 0 Å². The van der Waals surface area contributed by atoms with E-state index < -0.39 is 10.0 Å². The van der Waals surface area contributed by atoms with Gasteiger partial charge in [0.1, 0.15) is 0 Å².